The van der Waals surface area contributed by atoms with Gasteiger partial charge in [0.05, 0.1) is 20.1 Å². The van der Waals surface area contributed by atoms with Crippen LogP contribution in [-0.2, 0) is 9.53 Å². The first-order valence-electron chi connectivity index (χ1n) is 6.62. The molecule has 1 unspecified atom stereocenters. The van der Waals surface area contributed by atoms with Crippen molar-refractivity contribution >= 4 is 5.97 Å². The minimum atomic E-state index is -0.255. The maximum Gasteiger partial charge on any atom is 0.308 e. The van der Waals surface area contributed by atoms with Gasteiger partial charge in [-0.15, -0.1) is 0 Å². The molecule has 0 radical (unpaired) electrons. The predicted molar refractivity (Wildman–Crippen MR) is 75.4 cm³/mol. The fourth-order valence-electron chi connectivity index (χ4n) is 1.87. The highest BCUT2D eigenvalue weighted by molar-refractivity contribution is 5.69. The number of hydrogen-bond donors (Lipinski definition) is 1. The molecule has 0 aliphatic carbocycles. The van der Waals surface area contributed by atoms with Gasteiger partial charge in [0.15, 0.2) is 0 Å². The smallest absolute Gasteiger partial charge is 0.308 e. The van der Waals surface area contributed by atoms with Crippen molar-refractivity contribution < 1.29 is 14.3 Å². The summed E-state index contributed by atoms with van der Waals surface area (Å²) in [6, 6.07) is 6.44. The number of ether oxygens (including phenoxy) is 2. The van der Waals surface area contributed by atoms with E-state index >= 15 is 0 Å². The topological polar surface area (TPSA) is 47.6 Å². The molecule has 1 aromatic carbocycles. The van der Waals surface area contributed by atoms with Crippen LogP contribution in [-0.4, -0.2) is 26.2 Å². The molecule has 0 bridgehead atoms. The number of hydrogen-bond acceptors (Lipinski definition) is 4. The highest BCUT2D eigenvalue weighted by Crippen LogP contribution is 2.22. The lowest BCUT2D eigenvalue weighted by atomic mass is 10.1. The fraction of sp³-hybridized carbons (Fsp3) is 0.533. The second kappa shape index (κ2) is 7.79. The van der Waals surface area contributed by atoms with E-state index in [2.05, 4.69) is 30.0 Å². The van der Waals surface area contributed by atoms with Gasteiger partial charge < -0.3 is 14.8 Å². The molecule has 0 aliphatic heterocycles. The van der Waals surface area contributed by atoms with Gasteiger partial charge in [-0.05, 0) is 37.6 Å². The molecule has 0 fully saturated rings. The zero-order chi connectivity index (χ0) is 14.3. The summed E-state index contributed by atoms with van der Waals surface area (Å²) in [5.41, 5.74) is 2.31. The fourth-order valence-corrected chi connectivity index (χ4v) is 1.87. The third kappa shape index (κ3) is 4.91. The third-order valence-electron chi connectivity index (χ3n) is 3.00. The van der Waals surface area contributed by atoms with Gasteiger partial charge in [-0.2, -0.15) is 0 Å². The summed E-state index contributed by atoms with van der Waals surface area (Å²) in [5, 5.41) is 3.37. The normalized spacial score (nSPS) is 12.0. The molecule has 0 heterocycles. The maximum atomic E-state index is 11.0. The first-order chi connectivity index (χ1) is 9.08. The number of rotatable bonds is 7. The van der Waals surface area contributed by atoms with Gasteiger partial charge >= 0.3 is 5.97 Å². The Morgan fingerprint density at radius 1 is 1.42 bits per heavy atom. The Morgan fingerprint density at radius 2 is 2.16 bits per heavy atom. The van der Waals surface area contributed by atoms with Crippen molar-refractivity contribution in [2.24, 2.45) is 0 Å². The SMILES string of the molecule is CCNC(C)c1ccc(OCCC(=O)OC)c(C)c1. The van der Waals surface area contributed by atoms with Gasteiger partial charge in [0.25, 0.3) is 0 Å². The zero-order valence-electron chi connectivity index (χ0n) is 12.2. The molecule has 1 atom stereocenters. The monoisotopic (exact) mass is 265 g/mol. The van der Waals surface area contributed by atoms with Crippen LogP contribution >= 0.6 is 0 Å². The minimum absolute atomic E-state index is 0.255. The lowest BCUT2D eigenvalue weighted by Gasteiger charge is -2.15. The van der Waals surface area contributed by atoms with Gasteiger partial charge in [-0.3, -0.25) is 4.79 Å². The molecular formula is C15H23NO3. The molecule has 4 heteroatoms. The summed E-state index contributed by atoms with van der Waals surface area (Å²) in [6.07, 6.45) is 0.269. The Labute approximate surface area is 115 Å². The molecule has 4 nitrogen and oxygen atoms in total. The molecule has 0 amide bonds. The van der Waals surface area contributed by atoms with Crippen LogP contribution in [0.25, 0.3) is 0 Å². The molecule has 1 N–H and O–H groups in total. The Balaban J connectivity index is 2.59. The predicted octanol–water partition coefficient (Wildman–Crippen LogP) is 2.61. The van der Waals surface area contributed by atoms with E-state index in [0.717, 1.165) is 17.9 Å². The van der Waals surface area contributed by atoms with Crippen LogP contribution in [0, 0.1) is 6.92 Å². The molecule has 0 aliphatic rings. The van der Waals surface area contributed by atoms with Crippen LogP contribution in [0.2, 0.25) is 0 Å². The molecule has 19 heavy (non-hydrogen) atoms. The summed E-state index contributed by atoms with van der Waals surface area (Å²) >= 11 is 0. The number of carbonyl (C=O) groups is 1. The van der Waals surface area contributed by atoms with Gasteiger partial charge in [0.2, 0.25) is 0 Å². The second-order valence-electron chi connectivity index (χ2n) is 4.48. The number of benzene rings is 1. The van der Waals surface area contributed by atoms with Crippen LogP contribution in [0.15, 0.2) is 18.2 Å². The number of aryl methyl sites for hydroxylation is 1. The van der Waals surface area contributed by atoms with E-state index in [9.17, 15) is 4.79 Å². The van der Waals surface area contributed by atoms with Crippen LogP contribution in [0.4, 0.5) is 0 Å². The van der Waals surface area contributed by atoms with E-state index < -0.39 is 0 Å². The zero-order valence-corrected chi connectivity index (χ0v) is 12.2. The van der Waals surface area contributed by atoms with Crippen molar-refractivity contribution in [3.63, 3.8) is 0 Å². The van der Waals surface area contributed by atoms with E-state index in [0.29, 0.717) is 12.6 Å². The first kappa shape index (κ1) is 15.5. The summed E-state index contributed by atoms with van der Waals surface area (Å²) in [4.78, 5) is 11.0. The van der Waals surface area contributed by atoms with Crippen molar-refractivity contribution in [1.29, 1.82) is 0 Å². The van der Waals surface area contributed by atoms with Gasteiger partial charge in [0.1, 0.15) is 5.75 Å². The maximum absolute atomic E-state index is 11.0. The molecule has 0 saturated heterocycles. The molecule has 0 saturated carbocycles. The Hall–Kier alpha value is -1.55. The summed E-state index contributed by atoms with van der Waals surface area (Å²) < 4.78 is 10.2. The third-order valence-corrected chi connectivity index (χ3v) is 3.00. The molecule has 1 rings (SSSR count). The highest BCUT2D eigenvalue weighted by atomic mass is 16.5. The second-order valence-corrected chi connectivity index (χ2v) is 4.48. The summed E-state index contributed by atoms with van der Waals surface area (Å²) in [6.45, 7) is 7.52. The van der Waals surface area contributed by atoms with Crippen molar-refractivity contribution in [3.8, 4) is 5.75 Å². The lowest BCUT2D eigenvalue weighted by Crippen LogP contribution is -2.17. The quantitative estimate of drug-likeness (QED) is 0.770. The van der Waals surface area contributed by atoms with Crippen LogP contribution in [0.5, 0.6) is 5.75 Å². The van der Waals surface area contributed by atoms with Crippen LogP contribution < -0.4 is 10.1 Å². The summed E-state index contributed by atoms with van der Waals surface area (Å²) in [7, 11) is 1.38. The van der Waals surface area contributed by atoms with Gasteiger partial charge in [0, 0.05) is 6.04 Å². The van der Waals surface area contributed by atoms with Crippen molar-refractivity contribution in [3.05, 3.63) is 29.3 Å². The largest absolute Gasteiger partial charge is 0.493 e. The number of nitrogens with one attached hydrogen (secondary N) is 1. The highest BCUT2D eigenvalue weighted by Gasteiger charge is 2.07. The number of carbonyl (C=O) groups excluding carboxylic acids is 1. The van der Waals surface area contributed by atoms with Crippen molar-refractivity contribution in [1.82, 2.24) is 5.32 Å². The molecule has 0 aromatic heterocycles. The Bertz CT molecular complexity index is 418. The van der Waals surface area contributed by atoms with Gasteiger partial charge in [-0.25, -0.2) is 0 Å². The molecule has 0 spiro atoms. The average molecular weight is 265 g/mol. The number of esters is 1. The minimum Gasteiger partial charge on any atom is -0.493 e. The van der Waals surface area contributed by atoms with Crippen molar-refractivity contribution in [2.75, 3.05) is 20.3 Å². The average Bonchev–Trinajstić information content (AvgIpc) is 2.40. The van der Waals surface area contributed by atoms with E-state index in [-0.39, 0.29) is 12.4 Å². The Morgan fingerprint density at radius 3 is 2.74 bits per heavy atom. The van der Waals surface area contributed by atoms with Gasteiger partial charge in [-0.1, -0.05) is 19.1 Å². The molecule has 106 valence electrons. The number of methoxy groups -OCH3 is 1. The van der Waals surface area contributed by atoms with Crippen molar-refractivity contribution in [2.45, 2.75) is 33.2 Å². The lowest BCUT2D eigenvalue weighted by molar-refractivity contribution is -0.141. The molecule has 1 aromatic rings. The van der Waals surface area contributed by atoms with E-state index in [1.54, 1.807) is 0 Å². The molecular weight excluding hydrogens is 242 g/mol. The van der Waals surface area contributed by atoms with Crippen LogP contribution in [0.1, 0.15) is 37.4 Å². The summed E-state index contributed by atoms with van der Waals surface area (Å²) in [5.74, 6) is 0.561. The van der Waals surface area contributed by atoms with E-state index in [1.165, 1.54) is 12.7 Å². The van der Waals surface area contributed by atoms with E-state index in [4.69, 9.17) is 4.74 Å². The van der Waals surface area contributed by atoms with Crippen LogP contribution in [0.3, 0.4) is 0 Å². The standard InChI is InChI=1S/C15H23NO3/c1-5-16-12(3)13-6-7-14(11(2)10-13)19-9-8-15(17)18-4/h6-7,10,12,16H,5,8-9H2,1-4H3. The Kier molecular flexibility index (Phi) is 6.36. The van der Waals surface area contributed by atoms with E-state index in [1.807, 2.05) is 19.1 Å². The first-order valence-corrected chi connectivity index (χ1v) is 6.62.